The molecule has 0 bridgehead atoms. The molecule has 1 aromatic carbocycles. The summed E-state index contributed by atoms with van der Waals surface area (Å²) in [7, 11) is 4.90. The van der Waals surface area contributed by atoms with E-state index in [4.69, 9.17) is 26.8 Å². The second-order valence-electron chi connectivity index (χ2n) is 3.77. The minimum absolute atomic E-state index is 0.548. The van der Waals surface area contributed by atoms with Gasteiger partial charge in [0.2, 0.25) is 0 Å². The molecule has 5 nitrogen and oxygen atoms in total. The quantitative estimate of drug-likeness (QED) is 0.927. The van der Waals surface area contributed by atoms with Gasteiger partial charge in [-0.05, 0) is 6.07 Å². The summed E-state index contributed by atoms with van der Waals surface area (Å²) in [6, 6.07) is 5.22. The molecule has 18 heavy (non-hydrogen) atoms. The number of nitrogen functional groups attached to an aromatic ring is 1. The van der Waals surface area contributed by atoms with E-state index in [1.165, 1.54) is 0 Å². The van der Waals surface area contributed by atoms with Crippen LogP contribution in [0.1, 0.15) is 0 Å². The van der Waals surface area contributed by atoms with E-state index in [1.807, 2.05) is 0 Å². The van der Waals surface area contributed by atoms with E-state index in [1.54, 1.807) is 44.1 Å². The Morgan fingerprint density at radius 1 is 1.22 bits per heavy atom. The minimum Gasteiger partial charge on any atom is -0.493 e. The molecule has 6 heteroatoms. The molecule has 0 radical (unpaired) electrons. The molecule has 0 fully saturated rings. The first-order chi connectivity index (χ1) is 8.56. The number of methoxy groups -OCH3 is 2. The van der Waals surface area contributed by atoms with Crippen LogP contribution in [0.2, 0.25) is 5.02 Å². The maximum Gasteiger partial charge on any atom is 0.170 e. The van der Waals surface area contributed by atoms with Crippen LogP contribution in [0.3, 0.4) is 0 Å². The molecule has 0 amide bonds. The second kappa shape index (κ2) is 4.78. The van der Waals surface area contributed by atoms with E-state index in [0.717, 1.165) is 5.56 Å². The second-order valence-corrected chi connectivity index (χ2v) is 4.20. The van der Waals surface area contributed by atoms with Crippen LogP contribution in [0.15, 0.2) is 18.2 Å². The molecule has 0 saturated carbocycles. The highest BCUT2D eigenvalue weighted by Gasteiger charge is 2.16. The van der Waals surface area contributed by atoms with Crippen molar-refractivity contribution in [2.75, 3.05) is 20.0 Å². The Morgan fingerprint density at radius 3 is 2.44 bits per heavy atom. The lowest BCUT2D eigenvalue weighted by Gasteiger charge is -2.11. The summed E-state index contributed by atoms with van der Waals surface area (Å²) < 4.78 is 12.2. The van der Waals surface area contributed by atoms with Crippen molar-refractivity contribution >= 4 is 17.4 Å². The van der Waals surface area contributed by atoms with Gasteiger partial charge in [0.15, 0.2) is 11.5 Å². The summed E-state index contributed by atoms with van der Waals surface area (Å²) in [5.41, 5.74) is 7.21. The zero-order chi connectivity index (χ0) is 13.3. The van der Waals surface area contributed by atoms with Crippen molar-refractivity contribution in [1.29, 1.82) is 0 Å². The van der Waals surface area contributed by atoms with Gasteiger partial charge in [-0.3, -0.25) is 4.68 Å². The average Bonchev–Trinajstić information content (AvgIpc) is 2.68. The maximum atomic E-state index is 6.05. The lowest BCUT2D eigenvalue weighted by atomic mass is 10.1. The number of hydrogen-bond donors (Lipinski definition) is 1. The highest BCUT2D eigenvalue weighted by molar-refractivity contribution is 6.31. The number of aryl methyl sites for hydroxylation is 1. The van der Waals surface area contributed by atoms with Crippen LogP contribution >= 0.6 is 11.6 Å². The van der Waals surface area contributed by atoms with Gasteiger partial charge in [-0.1, -0.05) is 11.6 Å². The first kappa shape index (κ1) is 12.6. The lowest BCUT2D eigenvalue weighted by Crippen LogP contribution is -1.97. The van der Waals surface area contributed by atoms with Crippen molar-refractivity contribution < 1.29 is 9.47 Å². The number of rotatable bonds is 3. The molecular weight excluding hydrogens is 254 g/mol. The molecule has 0 unspecified atom stereocenters. The fourth-order valence-electron chi connectivity index (χ4n) is 1.73. The van der Waals surface area contributed by atoms with Crippen LogP contribution in [0, 0.1) is 0 Å². The predicted molar refractivity (Wildman–Crippen MR) is 71.2 cm³/mol. The van der Waals surface area contributed by atoms with Crippen molar-refractivity contribution in [3.05, 3.63) is 23.2 Å². The maximum absolute atomic E-state index is 6.05. The number of hydrogen-bond acceptors (Lipinski definition) is 4. The standard InChI is InChI=1S/C12H14ClN3O2/c1-16-11(14)6-9(15-16)8-4-7(13)5-10(17-2)12(8)18-3/h4-6H,14H2,1-3H3. The molecule has 0 aliphatic rings. The number of nitrogens with zero attached hydrogens (tertiary/aromatic N) is 2. The van der Waals surface area contributed by atoms with Gasteiger partial charge in [0.1, 0.15) is 5.82 Å². The van der Waals surface area contributed by atoms with Gasteiger partial charge >= 0.3 is 0 Å². The number of nitrogens with two attached hydrogens (primary N) is 1. The molecular formula is C12H14ClN3O2. The zero-order valence-corrected chi connectivity index (χ0v) is 11.2. The molecule has 2 aromatic rings. The van der Waals surface area contributed by atoms with E-state index < -0.39 is 0 Å². The van der Waals surface area contributed by atoms with Gasteiger partial charge in [0, 0.05) is 29.8 Å². The zero-order valence-electron chi connectivity index (χ0n) is 10.4. The summed E-state index contributed by atoms with van der Waals surface area (Å²) in [4.78, 5) is 0. The fourth-order valence-corrected chi connectivity index (χ4v) is 1.94. The summed E-state index contributed by atoms with van der Waals surface area (Å²) >= 11 is 6.05. The number of benzene rings is 1. The van der Waals surface area contributed by atoms with Crippen LogP contribution in [0.4, 0.5) is 5.82 Å². The van der Waals surface area contributed by atoms with Crippen LogP contribution in [-0.4, -0.2) is 24.0 Å². The van der Waals surface area contributed by atoms with E-state index in [-0.39, 0.29) is 0 Å². The van der Waals surface area contributed by atoms with Gasteiger partial charge in [-0.15, -0.1) is 0 Å². The molecule has 2 N–H and O–H groups in total. The van der Waals surface area contributed by atoms with Gasteiger partial charge in [-0.2, -0.15) is 5.10 Å². The summed E-state index contributed by atoms with van der Waals surface area (Å²) in [6.07, 6.45) is 0. The molecule has 0 atom stereocenters. The Morgan fingerprint density at radius 2 is 1.94 bits per heavy atom. The van der Waals surface area contributed by atoms with Crippen LogP contribution < -0.4 is 15.2 Å². The Kier molecular flexibility index (Phi) is 3.34. The number of ether oxygens (including phenoxy) is 2. The molecule has 0 saturated heterocycles. The summed E-state index contributed by atoms with van der Waals surface area (Å²) in [5.74, 6) is 1.70. The highest BCUT2D eigenvalue weighted by atomic mass is 35.5. The third kappa shape index (κ3) is 2.09. The van der Waals surface area contributed by atoms with Crippen LogP contribution in [0.5, 0.6) is 11.5 Å². The predicted octanol–water partition coefficient (Wildman–Crippen LogP) is 2.34. The molecule has 1 heterocycles. The van der Waals surface area contributed by atoms with Crippen molar-refractivity contribution in [2.24, 2.45) is 7.05 Å². The largest absolute Gasteiger partial charge is 0.493 e. The van der Waals surface area contributed by atoms with Crippen molar-refractivity contribution in [3.63, 3.8) is 0 Å². The van der Waals surface area contributed by atoms with E-state index >= 15 is 0 Å². The van der Waals surface area contributed by atoms with Gasteiger partial charge in [-0.25, -0.2) is 0 Å². The fraction of sp³-hybridized carbons (Fsp3) is 0.250. The first-order valence-electron chi connectivity index (χ1n) is 5.28. The smallest absolute Gasteiger partial charge is 0.170 e. The van der Waals surface area contributed by atoms with Crippen molar-refractivity contribution in [1.82, 2.24) is 9.78 Å². The van der Waals surface area contributed by atoms with Crippen LogP contribution in [-0.2, 0) is 7.05 Å². The van der Waals surface area contributed by atoms with E-state index in [2.05, 4.69) is 5.10 Å². The van der Waals surface area contributed by atoms with Crippen molar-refractivity contribution in [2.45, 2.75) is 0 Å². The Bertz CT molecular complexity index is 561. The lowest BCUT2D eigenvalue weighted by molar-refractivity contribution is 0.356. The van der Waals surface area contributed by atoms with E-state index in [9.17, 15) is 0 Å². The third-order valence-corrected chi connectivity index (χ3v) is 2.85. The minimum atomic E-state index is 0.548. The normalized spacial score (nSPS) is 10.4. The van der Waals surface area contributed by atoms with Crippen molar-refractivity contribution in [3.8, 4) is 22.8 Å². The van der Waals surface area contributed by atoms with Gasteiger partial charge < -0.3 is 15.2 Å². The molecule has 2 rings (SSSR count). The van der Waals surface area contributed by atoms with Gasteiger partial charge in [0.05, 0.1) is 19.9 Å². The van der Waals surface area contributed by atoms with E-state index in [0.29, 0.717) is 28.0 Å². The summed E-state index contributed by atoms with van der Waals surface area (Å²) in [6.45, 7) is 0. The topological polar surface area (TPSA) is 62.3 Å². The number of aromatic nitrogens is 2. The molecule has 1 aromatic heterocycles. The average molecular weight is 268 g/mol. The number of anilines is 1. The SMILES string of the molecule is COc1cc(Cl)cc(-c2cc(N)n(C)n2)c1OC. The van der Waals surface area contributed by atoms with Crippen LogP contribution in [0.25, 0.3) is 11.3 Å². The first-order valence-corrected chi connectivity index (χ1v) is 5.66. The number of halogens is 1. The Hall–Kier alpha value is -1.88. The Labute approximate surface area is 110 Å². The third-order valence-electron chi connectivity index (χ3n) is 2.64. The highest BCUT2D eigenvalue weighted by Crippen LogP contribution is 2.40. The molecule has 0 aliphatic carbocycles. The molecule has 0 spiro atoms. The molecule has 0 aliphatic heterocycles. The monoisotopic (exact) mass is 267 g/mol. The molecule has 96 valence electrons. The van der Waals surface area contributed by atoms with Gasteiger partial charge in [0.25, 0.3) is 0 Å². The Balaban J connectivity index is 2.65. The summed E-state index contributed by atoms with van der Waals surface area (Å²) in [5, 5.41) is 4.85.